The number of aliphatic carboxylic acids is 2. The second-order valence-electron chi connectivity index (χ2n) is 2.72. The number of carbonyl (C=O) groups is 2. The molecule has 0 unspecified atom stereocenters. The highest BCUT2D eigenvalue weighted by Gasteiger charge is 2.21. The zero-order chi connectivity index (χ0) is 10.6. The van der Waals surface area contributed by atoms with Crippen LogP contribution in [-0.4, -0.2) is 31.7 Å². The maximum Gasteiger partial charge on any atom is 0.304 e. The molecular formula is C7H8N2O4S. The van der Waals surface area contributed by atoms with Gasteiger partial charge in [-0.1, -0.05) is 4.49 Å². The molecule has 6 nitrogen and oxygen atoms in total. The van der Waals surface area contributed by atoms with Gasteiger partial charge in [-0.15, -0.1) is 5.10 Å². The summed E-state index contributed by atoms with van der Waals surface area (Å²) in [7, 11) is 0. The largest absolute Gasteiger partial charge is 0.481 e. The molecule has 14 heavy (non-hydrogen) atoms. The third-order valence-electron chi connectivity index (χ3n) is 1.64. The van der Waals surface area contributed by atoms with Crippen LogP contribution in [0.4, 0.5) is 0 Å². The quantitative estimate of drug-likeness (QED) is 0.746. The maximum atomic E-state index is 10.4. The molecule has 7 heteroatoms. The molecular weight excluding hydrogens is 208 g/mol. The third-order valence-corrected chi connectivity index (χ3v) is 2.16. The van der Waals surface area contributed by atoms with Gasteiger partial charge in [-0.25, -0.2) is 0 Å². The van der Waals surface area contributed by atoms with E-state index in [0.29, 0.717) is 5.69 Å². The summed E-state index contributed by atoms with van der Waals surface area (Å²) in [5.41, 5.74) is 0.430. The molecule has 0 atom stereocenters. The number of nitrogens with zero attached hydrogens (tertiary/aromatic N) is 2. The molecule has 0 spiro atoms. The highest BCUT2D eigenvalue weighted by atomic mass is 32.1. The molecule has 0 bridgehead atoms. The number of carboxylic acids is 2. The Balaban J connectivity index is 2.71. The smallest absolute Gasteiger partial charge is 0.304 e. The molecule has 2 N–H and O–H groups in total. The molecule has 0 saturated carbocycles. The van der Waals surface area contributed by atoms with Crippen molar-refractivity contribution in [3.63, 3.8) is 0 Å². The summed E-state index contributed by atoms with van der Waals surface area (Å²) in [6.45, 7) is 0. The Bertz CT molecular complexity index is 308. The van der Waals surface area contributed by atoms with E-state index < -0.39 is 17.9 Å². The van der Waals surface area contributed by atoms with E-state index in [0.717, 1.165) is 11.5 Å². The molecule has 1 aromatic rings. The van der Waals surface area contributed by atoms with Gasteiger partial charge in [0, 0.05) is 11.3 Å². The first-order valence-electron chi connectivity index (χ1n) is 3.80. The average molecular weight is 216 g/mol. The number of rotatable bonds is 5. The predicted octanol–water partition coefficient (Wildman–Crippen LogP) is 0.571. The molecule has 0 aliphatic rings. The summed E-state index contributed by atoms with van der Waals surface area (Å²) >= 11 is 1.08. The van der Waals surface area contributed by atoms with Gasteiger partial charge in [-0.3, -0.25) is 9.59 Å². The van der Waals surface area contributed by atoms with Gasteiger partial charge in [0.15, 0.2) is 0 Å². The van der Waals surface area contributed by atoms with Gasteiger partial charge in [-0.2, -0.15) is 0 Å². The van der Waals surface area contributed by atoms with Crippen LogP contribution in [-0.2, 0) is 9.59 Å². The second-order valence-corrected chi connectivity index (χ2v) is 3.33. The van der Waals surface area contributed by atoms with Crippen LogP contribution in [0.15, 0.2) is 5.38 Å². The van der Waals surface area contributed by atoms with Crippen LogP contribution in [0.2, 0.25) is 0 Å². The summed E-state index contributed by atoms with van der Waals surface area (Å²) in [4.78, 5) is 20.9. The van der Waals surface area contributed by atoms with E-state index in [1.165, 1.54) is 0 Å². The minimum absolute atomic E-state index is 0.238. The summed E-state index contributed by atoms with van der Waals surface area (Å²) < 4.78 is 3.56. The van der Waals surface area contributed by atoms with Gasteiger partial charge >= 0.3 is 11.9 Å². The molecule has 1 aromatic heterocycles. The fraction of sp³-hybridized carbons (Fsp3) is 0.429. The minimum Gasteiger partial charge on any atom is -0.481 e. The van der Waals surface area contributed by atoms with E-state index in [2.05, 4.69) is 9.59 Å². The van der Waals surface area contributed by atoms with Gasteiger partial charge in [0.1, 0.15) is 0 Å². The van der Waals surface area contributed by atoms with Crippen molar-refractivity contribution in [3.8, 4) is 0 Å². The fourth-order valence-electron chi connectivity index (χ4n) is 1.05. The molecule has 0 aliphatic carbocycles. The first kappa shape index (κ1) is 10.6. The van der Waals surface area contributed by atoms with E-state index in [9.17, 15) is 9.59 Å². The molecule has 0 fully saturated rings. The van der Waals surface area contributed by atoms with Gasteiger partial charge in [0.25, 0.3) is 0 Å². The number of hydrogen-bond acceptors (Lipinski definition) is 5. The van der Waals surface area contributed by atoms with Crippen molar-refractivity contribution < 1.29 is 19.8 Å². The average Bonchev–Trinajstić information content (AvgIpc) is 2.52. The monoisotopic (exact) mass is 216 g/mol. The van der Waals surface area contributed by atoms with E-state index in [1.807, 2.05) is 0 Å². The lowest BCUT2D eigenvalue weighted by molar-refractivity contribution is -0.139. The topological polar surface area (TPSA) is 100 Å². The summed E-state index contributed by atoms with van der Waals surface area (Å²) in [5, 5.41) is 22.3. The van der Waals surface area contributed by atoms with Crippen LogP contribution in [0.3, 0.4) is 0 Å². The Morgan fingerprint density at radius 1 is 1.36 bits per heavy atom. The van der Waals surface area contributed by atoms with Gasteiger partial charge in [0.05, 0.1) is 18.5 Å². The van der Waals surface area contributed by atoms with Crippen molar-refractivity contribution in [2.75, 3.05) is 0 Å². The van der Waals surface area contributed by atoms with Crippen LogP contribution >= 0.6 is 11.5 Å². The maximum absolute atomic E-state index is 10.4. The van der Waals surface area contributed by atoms with E-state index in [1.54, 1.807) is 5.38 Å². The summed E-state index contributed by atoms with van der Waals surface area (Å²) in [6, 6.07) is 0. The predicted molar refractivity (Wildman–Crippen MR) is 47.2 cm³/mol. The molecule has 76 valence electrons. The first-order valence-corrected chi connectivity index (χ1v) is 4.63. The third kappa shape index (κ3) is 3.09. The van der Waals surface area contributed by atoms with Gasteiger partial charge < -0.3 is 10.2 Å². The van der Waals surface area contributed by atoms with Crippen LogP contribution < -0.4 is 0 Å². The molecule has 0 radical (unpaired) electrons. The van der Waals surface area contributed by atoms with Crippen LogP contribution in [0, 0.1) is 0 Å². The fourth-order valence-corrected chi connectivity index (χ4v) is 1.59. The zero-order valence-corrected chi connectivity index (χ0v) is 7.90. The molecule has 1 heterocycles. The molecule has 0 aromatic carbocycles. The minimum atomic E-state index is -1.04. The molecule has 0 amide bonds. The number of carboxylic acid groups (broad SMARTS) is 2. The normalized spacial score (nSPS) is 10.4. The van der Waals surface area contributed by atoms with E-state index in [4.69, 9.17) is 10.2 Å². The molecule has 1 rings (SSSR count). The molecule has 0 aliphatic heterocycles. The highest BCUT2D eigenvalue weighted by Crippen LogP contribution is 2.22. The van der Waals surface area contributed by atoms with Crippen molar-refractivity contribution in [1.82, 2.24) is 9.59 Å². The van der Waals surface area contributed by atoms with E-state index in [-0.39, 0.29) is 12.8 Å². The Hall–Kier alpha value is -1.50. The SMILES string of the molecule is O=C(O)CC(CC(=O)O)c1csnn1. The second kappa shape index (κ2) is 4.66. The lowest BCUT2D eigenvalue weighted by Gasteiger charge is -2.07. The summed E-state index contributed by atoms with van der Waals surface area (Å²) in [5.74, 6) is -2.67. The van der Waals surface area contributed by atoms with Crippen LogP contribution in [0.5, 0.6) is 0 Å². The summed E-state index contributed by atoms with van der Waals surface area (Å²) in [6.07, 6.45) is -0.477. The van der Waals surface area contributed by atoms with Gasteiger partial charge in [-0.05, 0) is 11.5 Å². The first-order chi connectivity index (χ1) is 6.59. The number of hydrogen-bond donors (Lipinski definition) is 2. The number of aromatic nitrogens is 2. The van der Waals surface area contributed by atoms with Crippen molar-refractivity contribution >= 4 is 23.5 Å². The van der Waals surface area contributed by atoms with Crippen LogP contribution in [0.25, 0.3) is 0 Å². The zero-order valence-electron chi connectivity index (χ0n) is 7.08. The van der Waals surface area contributed by atoms with Crippen molar-refractivity contribution in [3.05, 3.63) is 11.1 Å². The van der Waals surface area contributed by atoms with Gasteiger partial charge in [0.2, 0.25) is 0 Å². The Morgan fingerprint density at radius 3 is 2.29 bits per heavy atom. The van der Waals surface area contributed by atoms with E-state index >= 15 is 0 Å². The van der Waals surface area contributed by atoms with Crippen molar-refractivity contribution in [2.45, 2.75) is 18.8 Å². The lowest BCUT2D eigenvalue weighted by Crippen LogP contribution is -2.11. The molecule has 0 saturated heterocycles. The van der Waals surface area contributed by atoms with Crippen molar-refractivity contribution in [1.29, 1.82) is 0 Å². The Kier molecular flexibility index (Phi) is 3.52. The Labute approximate surface area is 83.4 Å². The standard InChI is InChI=1S/C7H8N2O4S/c10-6(11)1-4(2-7(12)13)5-3-14-9-8-5/h3-4H,1-2H2,(H,10,11)(H,12,13). The Morgan fingerprint density at radius 2 is 1.93 bits per heavy atom. The van der Waals surface area contributed by atoms with Crippen LogP contribution in [0.1, 0.15) is 24.5 Å². The lowest BCUT2D eigenvalue weighted by atomic mass is 9.99. The van der Waals surface area contributed by atoms with Crippen molar-refractivity contribution in [2.24, 2.45) is 0 Å². The highest BCUT2D eigenvalue weighted by molar-refractivity contribution is 7.03.